The Morgan fingerprint density at radius 3 is 2.64 bits per heavy atom. The zero-order valence-corrected chi connectivity index (χ0v) is 16.2. The van der Waals surface area contributed by atoms with Gasteiger partial charge in [-0.25, -0.2) is 0 Å². The Morgan fingerprint density at radius 1 is 1.20 bits per heavy atom. The molecule has 4 aliphatic heterocycles. The lowest BCUT2D eigenvalue weighted by molar-refractivity contribution is -0.323. The molecule has 6 atom stereocenters. The molecule has 1 saturated heterocycles. The van der Waals surface area contributed by atoms with E-state index in [2.05, 4.69) is 33.8 Å². The van der Waals surface area contributed by atoms with Crippen LogP contribution in [-0.4, -0.2) is 39.9 Å². The molecular weight excluding hydrogens is 316 g/mol. The second-order valence-corrected chi connectivity index (χ2v) is 9.50. The quantitative estimate of drug-likeness (QED) is 0.658. The molecule has 6 aliphatic rings. The highest BCUT2D eigenvalue weighted by atomic mass is 16.7. The van der Waals surface area contributed by atoms with E-state index < -0.39 is 23.1 Å². The molecule has 4 heteroatoms. The monoisotopic (exact) mass is 348 g/mol. The van der Waals surface area contributed by atoms with E-state index in [4.69, 9.17) is 9.47 Å². The predicted molar refractivity (Wildman–Crippen MR) is 95.9 cm³/mol. The first-order chi connectivity index (χ1) is 11.6. The average molecular weight is 348 g/mol. The van der Waals surface area contributed by atoms with E-state index in [9.17, 15) is 10.2 Å². The number of hydrogen-bond donors (Lipinski definition) is 2. The Balaban J connectivity index is 1.96. The van der Waals surface area contributed by atoms with Crippen molar-refractivity contribution < 1.29 is 19.7 Å². The van der Waals surface area contributed by atoms with E-state index in [1.807, 2.05) is 6.92 Å². The number of aliphatic hydroxyl groups is 2. The van der Waals surface area contributed by atoms with Crippen LogP contribution in [0.25, 0.3) is 0 Å². The third-order valence-electron chi connectivity index (χ3n) is 7.68. The fourth-order valence-electron chi connectivity index (χ4n) is 5.94. The van der Waals surface area contributed by atoms with E-state index in [0.29, 0.717) is 18.9 Å². The summed E-state index contributed by atoms with van der Waals surface area (Å²) in [7, 11) is 0. The summed E-state index contributed by atoms with van der Waals surface area (Å²) in [6, 6.07) is 0. The van der Waals surface area contributed by atoms with Gasteiger partial charge in [0, 0.05) is 5.57 Å². The molecule has 6 bridgehead atoms. The number of fused-ring (bicyclic) bond motifs is 1. The summed E-state index contributed by atoms with van der Waals surface area (Å²) in [6.45, 7) is 11.2. The lowest BCUT2D eigenvalue weighted by atomic mass is 9.56. The summed E-state index contributed by atoms with van der Waals surface area (Å²) >= 11 is 0. The van der Waals surface area contributed by atoms with Gasteiger partial charge in [-0.1, -0.05) is 25.5 Å². The Kier molecular flexibility index (Phi) is 3.68. The van der Waals surface area contributed by atoms with Gasteiger partial charge < -0.3 is 19.7 Å². The van der Waals surface area contributed by atoms with Gasteiger partial charge in [0.25, 0.3) is 0 Å². The van der Waals surface area contributed by atoms with E-state index in [-0.39, 0.29) is 5.41 Å². The molecule has 0 unspecified atom stereocenters. The first-order valence-corrected chi connectivity index (χ1v) is 9.70. The third-order valence-corrected chi connectivity index (χ3v) is 7.68. The molecule has 0 radical (unpaired) electrons. The van der Waals surface area contributed by atoms with E-state index >= 15 is 0 Å². The topological polar surface area (TPSA) is 58.9 Å². The maximum atomic E-state index is 11.4. The third kappa shape index (κ3) is 2.21. The van der Waals surface area contributed by atoms with Crippen LogP contribution in [0.15, 0.2) is 22.8 Å². The van der Waals surface area contributed by atoms with Gasteiger partial charge in [0.2, 0.25) is 5.79 Å². The minimum Gasteiger partial charge on any atom is -0.384 e. The van der Waals surface area contributed by atoms with Crippen molar-refractivity contribution in [1.82, 2.24) is 0 Å². The largest absolute Gasteiger partial charge is 0.384 e. The van der Waals surface area contributed by atoms with E-state index in [1.54, 1.807) is 0 Å². The summed E-state index contributed by atoms with van der Waals surface area (Å²) < 4.78 is 12.6. The zero-order valence-electron chi connectivity index (χ0n) is 16.2. The first kappa shape index (κ1) is 17.7. The lowest BCUT2D eigenvalue weighted by Crippen LogP contribution is -2.69. The minimum absolute atomic E-state index is 0.0373. The molecule has 4 heterocycles. The van der Waals surface area contributed by atoms with E-state index in [0.717, 1.165) is 36.8 Å². The standard InChI is InChI=1S/C21H32O4/c1-13-7-6-9-19(4)17(22)21(23)16-15(12-24-21)18(3,10-8-13)14(2)11-20(16,5)25-19/h7,14,17,22-23H,6,8-12H2,1-5H3/b13-7+/t14-,17+,18+,19+,20-,21+/m1/s1. The summed E-state index contributed by atoms with van der Waals surface area (Å²) in [5.74, 6) is -1.19. The highest BCUT2D eigenvalue weighted by Gasteiger charge is 2.68. The maximum absolute atomic E-state index is 11.4. The number of allylic oxidation sites excluding steroid dienone is 2. The van der Waals surface area contributed by atoms with Crippen molar-refractivity contribution in [2.75, 3.05) is 6.61 Å². The summed E-state index contributed by atoms with van der Waals surface area (Å²) in [5.41, 5.74) is 1.93. The second kappa shape index (κ2) is 5.19. The molecule has 0 saturated carbocycles. The van der Waals surface area contributed by atoms with Crippen molar-refractivity contribution in [2.24, 2.45) is 11.3 Å². The van der Waals surface area contributed by atoms with Crippen molar-refractivity contribution in [3.8, 4) is 0 Å². The smallest absolute Gasteiger partial charge is 0.221 e. The van der Waals surface area contributed by atoms with Crippen LogP contribution in [0.5, 0.6) is 0 Å². The average Bonchev–Trinajstić information content (AvgIpc) is 2.89. The van der Waals surface area contributed by atoms with Gasteiger partial charge in [-0.3, -0.25) is 0 Å². The molecule has 0 spiro atoms. The molecule has 1 fully saturated rings. The van der Waals surface area contributed by atoms with Gasteiger partial charge in [-0.2, -0.15) is 0 Å². The van der Waals surface area contributed by atoms with Crippen LogP contribution >= 0.6 is 0 Å². The molecule has 2 N–H and O–H groups in total. The minimum atomic E-state index is -1.61. The van der Waals surface area contributed by atoms with Crippen LogP contribution in [0.2, 0.25) is 0 Å². The van der Waals surface area contributed by atoms with Gasteiger partial charge in [0.15, 0.2) is 0 Å². The van der Waals surface area contributed by atoms with Gasteiger partial charge in [-0.05, 0) is 69.8 Å². The van der Waals surface area contributed by atoms with Gasteiger partial charge >= 0.3 is 0 Å². The van der Waals surface area contributed by atoms with Gasteiger partial charge in [0.1, 0.15) is 6.10 Å². The fourth-order valence-corrected chi connectivity index (χ4v) is 5.94. The lowest BCUT2D eigenvalue weighted by Gasteiger charge is -2.58. The van der Waals surface area contributed by atoms with Crippen molar-refractivity contribution in [2.45, 2.75) is 89.8 Å². The van der Waals surface area contributed by atoms with Crippen LogP contribution in [0, 0.1) is 11.3 Å². The van der Waals surface area contributed by atoms with Crippen LogP contribution in [-0.2, 0) is 9.47 Å². The summed E-state index contributed by atoms with van der Waals surface area (Å²) in [6.07, 6.45) is 5.64. The summed E-state index contributed by atoms with van der Waals surface area (Å²) in [4.78, 5) is 0. The molecule has 0 amide bonds. The molecule has 25 heavy (non-hydrogen) atoms. The molecular formula is C21H32O4. The Hall–Kier alpha value is -0.680. The van der Waals surface area contributed by atoms with E-state index in [1.165, 1.54) is 5.57 Å². The maximum Gasteiger partial charge on any atom is 0.221 e. The SMILES string of the molecule is C/C1=C\CC[C@]2(C)O[C@]3(C)C[C@@H](C)[C@](C)(CC1)C1=C3[C@](O)(OC1)[C@H]2O. The normalized spacial score (nSPS) is 54.9. The van der Waals surface area contributed by atoms with Gasteiger partial charge in [-0.15, -0.1) is 0 Å². The zero-order chi connectivity index (χ0) is 18.3. The van der Waals surface area contributed by atoms with Crippen LogP contribution < -0.4 is 0 Å². The van der Waals surface area contributed by atoms with Crippen molar-refractivity contribution in [3.63, 3.8) is 0 Å². The molecule has 6 rings (SSSR count). The number of ether oxygens (including phenoxy) is 2. The molecule has 0 aromatic rings. The molecule has 0 aromatic heterocycles. The predicted octanol–water partition coefficient (Wildman–Crippen LogP) is 3.48. The highest BCUT2D eigenvalue weighted by molar-refractivity contribution is 5.45. The van der Waals surface area contributed by atoms with Crippen molar-refractivity contribution in [3.05, 3.63) is 22.8 Å². The number of rotatable bonds is 0. The number of aliphatic hydroxyl groups excluding tert-OH is 1. The summed E-state index contributed by atoms with van der Waals surface area (Å²) in [5, 5.41) is 22.5. The van der Waals surface area contributed by atoms with Crippen LogP contribution in [0.4, 0.5) is 0 Å². The van der Waals surface area contributed by atoms with Crippen molar-refractivity contribution in [1.29, 1.82) is 0 Å². The Labute approximate surface area is 150 Å². The molecule has 4 nitrogen and oxygen atoms in total. The Morgan fingerprint density at radius 2 is 1.92 bits per heavy atom. The highest BCUT2D eigenvalue weighted by Crippen LogP contribution is 2.62. The Bertz CT molecular complexity index is 667. The molecule has 140 valence electrons. The second-order valence-electron chi connectivity index (χ2n) is 9.50. The van der Waals surface area contributed by atoms with Crippen LogP contribution in [0.3, 0.4) is 0 Å². The molecule has 0 aromatic carbocycles. The fraction of sp³-hybridized carbons (Fsp3) is 0.810. The first-order valence-electron chi connectivity index (χ1n) is 9.70. The van der Waals surface area contributed by atoms with Crippen molar-refractivity contribution >= 4 is 0 Å². The number of hydrogen-bond acceptors (Lipinski definition) is 4. The molecule has 2 aliphatic carbocycles. The van der Waals surface area contributed by atoms with Crippen LogP contribution in [0.1, 0.15) is 66.7 Å². The van der Waals surface area contributed by atoms with Gasteiger partial charge in [0.05, 0.1) is 17.8 Å².